The first-order valence-electron chi connectivity index (χ1n) is 10.4. The van der Waals surface area contributed by atoms with E-state index in [4.69, 9.17) is 4.74 Å². The van der Waals surface area contributed by atoms with Crippen molar-refractivity contribution < 1.29 is 14.3 Å². The molecule has 0 bridgehead atoms. The van der Waals surface area contributed by atoms with Crippen LogP contribution in [0.3, 0.4) is 0 Å². The van der Waals surface area contributed by atoms with Crippen LogP contribution in [0.1, 0.15) is 35.1 Å². The van der Waals surface area contributed by atoms with Crippen LogP contribution in [0.25, 0.3) is 0 Å². The van der Waals surface area contributed by atoms with Crippen LogP contribution in [0.5, 0.6) is 5.75 Å². The Morgan fingerprint density at radius 2 is 1.67 bits per heavy atom. The number of nitrogens with one attached hydrogen (secondary N) is 2. The minimum absolute atomic E-state index is 0.0120. The molecule has 3 aromatic rings. The number of carbonyl (C=O) groups is 2. The first-order valence-corrected chi connectivity index (χ1v) is 10.4. The summed E-state index contributed by atoms with van der Waals surface area (Å²) in [6.45, 7) is 2.14. The minimum Gasteiger partial charge on any atom is -0.488 e. The molecule has 0 saturated carbocycles. The highest BCUT2D eigenvalue weighted by atomic mass is 16.5. The molecule has 0 aromatic heterocycles. The van der Waals surface area contributed by atoms with Crippen LogP contribution in [0, 0.1) is 18.3 Å². The average molecular weight is 441 g/mol. The van der Waals surface area contributed by atoms with Gasteiger partial charge < -0.3 is 10.1 Å². The topological polar surface area (TPSA) is 104 Å². The molecule has 33 heavy (non-hydrogen) atoms. The Labute approximate surface area is 192 Å². The number of amides is 2. The fourth-order valence-corrected chi connectivity index (χ4v) is 3.01. The summed E-state index contributed by atoms with van der Waals surface area (Å²) in [6.07, 6.45) is 1.54. The highest BCUT2D eigenvalue weighted by Gasteiger charge is 2.08. The number of hydrazone groups is 1. The quantitative estimate of drug-likeness (QED) is 0.382. The Kier molecular flexibility index (Phi) is 8.32. The number of nitriles is 1. The number of hydrogen-bond donors (Lipinski definition) is 2. The SMILES string of the molecule is Cc1ccccc1NC(=O)CCC(=O)NN=Cc1ccccc1OCc1ccccc1C#N. The zero-order valence-corrected chi connectivity index (χ0v) is 18.2. The molecule has 0 fully saturated rings. The molecule has 2 amide bonds. The largest absolute Gasteiger partial charge is 0.488 e. The van der Waals surface area contributed by atoms with Crippen molar-refractivity contribution in [2.45, 2.75) is 26.4 Å². The molecule has 0 heterocycles. The highest BCUT2D eigenvalue weighted by Crippen LogP contribution is 2.19. The van der Waals surface area contributed by atoms with Gasteiger partial charge in [0.05, 0.1) is 17.8 Å². The molecule has 3 aromatic carbocycles. The third kappa shape index (κ3) is 7.04. The van der Waals surface area contributed by atoms with Gasteiger partial charge in [0, 0.05) is 29.7 Å². The number of rotatable bonds is 9. The average Bonchev–Trinajstić information content (AvgIpc) is 2.84. The molecule has 0 spiro atoms. The van der Waals surface area contributed by atoms with E-state index in [1.54, 1.807) is 24.3 Å². The molecule has 0 unspecified atom stereocenters. The van der Waals surface area contributed by atoms with Crippen molar-refractivity contribution in [3.63, 3.8) is 0 Å². The lowest BCUT2D eigenvalue weighted by Gasteiger charge is -2.10. The van der Waals surface area contributed by atoms with Gasteiger partial charge in [-0.25, -0.2) is 5.43 Å². The number of benzene rings is 3. The zero-order chi connectivity index (χ0) is 23.5. The van der Waals surface area contributed by atoms with E-state index in [9.17, 15) is 14.9 Å². The van der Waals surface area contributed by atoms with Crippen LogP contribution in [0.4, 0.5) is 5.69 Å². The van der Waals surface area contributed by atoms with Crippen molar-refractivity contribution in [3.8, 4) is 11.8 Å². The Hall–Kier alpha value is -4.44. The normalized spacial score (nSPS) is 10.4. The molecule has 0 aliphatic carbocycles. The highest BCUT2D eigenvalue weighted by molar-refractivity contribution is 5.94. The summed E-state index contributed by atoms with van der Waals surface area (Å²) < 4.78 is 5.86. The van der Waals surface area contributed by atoms with Crippen LogP contribution in [0.2, 0.25) is 0 Å². The lowest BCUT2D eigenvalue weighted by Crippen LogP contribution is -2.20. The van der Waals surface area contributed by atoms with E-state index in [1.165, 1.54) is 6.21 Å². The van der Waals surface area contributed by atoms with E-state index in [0.717, 1.165) is 16.8 Å². The van der Waals surface area contributed by atoms with Gasteiger partial charge in [-0.05, 0) is 36.8 Å². The third-order valence-electron chi connectivity index (χ3n) is 4.83. The molecule has 7 heteroatoms. The van der Waals surface area contributed by atoms with Crippen molar-refractivity contribution in [1.29, 1.82) is 5.26 Å². The molecule has 0 atom stereocenters. The number of nitrogens with zero attached hydrogens (tertiary/aromatic N) is 2. The zero-order valence-electron chi connectivity index (χ0n) is 18.2. The lowest BCUT2D eigenvalue weighted by molar-refractivity contribution is -0.124. The summed E-state index contributed by atoms with van der Waals surface area (Å²) in [5, 5.41) is 16.0. The Bertz CT molecular complexity index is 1200. The van der Waals surface area contributed by atoms with Crippen molar-refractivity contribution in [2.75, 3.05) is 5.32 Å². The van der Waals surface area contributed by atoms with Crippen LogP contribution >= 0.6 is 0 Å². The lowest BCUT2D eigenvalue weighted by atomic mass is 10.1. The van der Waals surface area contributed by atoms with Crippen LogP contribution in [-0.2, 0) is 16.2 Å². The summed E-state index contributed by atoms with van der Waals surface area (Å²) in [4.78, 5) is 24.1. The second kappa shape index (κ2) is 11.8. The van der Waals surface area contributed by atoms with Gasteiger partial charge in [0.25, 0.3) is 0 Å². The number of anilines is 1. The van der Waals surface area contributed by atoms with Gasteiger partial charge in [-0.3, -0.25) is 9.59 Å². The van der Waals surface area contributed by atoms with E-state index in [2.05, 4.69) is 21.9 Å². The molecule has 7 nitrogen and oxygen atoms in total. The first kappa shape index (κ1) is 23.2. The first-order chi connectivity index (χ1) is 16.1. The van der Waals surface area contributed by atoms with Gasteiger partial charge >= 0.3 is 0 Å². The number of aryl methyl sites for hydroxylation is 1. The summed E-state index contributed by atoms with van der Waals surface area (Å²) in [5.74, 6) is -0.0341. The summed E-state index contributed by atoms with van der Waals surface area (Å²) >= 11 is 0. The second-order valence-electron chi connectivity index (χ2n) is 7.25. The fraction of sp³-hybridized carbons (Fsp3) is 0.154. The number of ether oxygens (including phenoxy) is 1. The van der Waals surface area contributed by atoms with Gasteiger partial charge in [0.1, 0.15) is 12.4 Å². The molecule has 2 N–H and O–H groups in total. The van der Waals surface area contributed by atoms with Gasteiger partial charge in [0.15, 0.2) is 0 Å². The van der Waals surface area contributed by atoms with E-state index in [1.807, 2.05) is 55.5 Å². The predicted molar refractivity (Wildman–Crippen MR) is 127 cm³/mol. The van der Waals surface area contributed by atoms with Crippen LogP contribution in [-0.4, -0.2) is 18.0 Å². The van der Waals surface area contributed by atoms with Crippen LogP contribution < -0.4 is 15.5 Å². The molecule has 0 saturated heterocycles. The van der Waals surface area contributed by atoms with Gasteiger partial charge in [-0.2, -0.15) is 10.4 Å². The summed E-state index contributed by atoms with van der Waals surface area (Å²) in [5.41, 5.74) is 6.13. The summed E-state index contributed by atoms with van der Waals surface area (Å²) in [7, 11) is 0. The van der Waals surface area contributed by atoms with Gasteiger partial charge in [-0.1, -0.05) is 48.5 Å². The minimum atomic E-state index is -0.368. The van der Waals surface area contributed by atoms with Crippen molar-refractivity contribution in [3.05, 3.63) is 95.1 Å². The second-order valence-corrected chi connectivity index (χ2v) is 7.25. The molecule has 0 radical (unpaired) electrons. The molecule has 3 rings (SSSR count). The van der Waals surface area contributed by atoms with Crippen molar-refractivity contribution in [1.82, 2.24) is 5.43 Å². The molecule has 0 aliphatic rings. The van der Waals surface area contributed by atoms with E-state index >= 15 is 0 Å². The van der Waals surface area contributed by atoms with Gasteiger partial charge in [-0.15, -0.1) is 0 Å². The summed E-state index contributed by atoms with van der Waals surface area (Å²) in [6, 6.07) is 24.1. The van der Waals surface area contributed by atoms with E-state index in [0.29, 0.717) is 16.9 Å². The maximum absolute atomic E-state index is 12.1. The van der Waals surface area contributed by atoms with E-state index < -0.39 is 0 Å². The fourth-order valence-electron chi connectivity index (χ4n) is 3.01. The Morgan fingerprint density at radius 3 is 2.48 bits per heavy atom. The molecular formula is C26H24N4O3. The maximum Gasteiger partial charge on any atom is 0.240 e. The smallest absolute Gasteiger partial charge is 0.240 e. The standard InChI is InChI=1S/C26H24N4O3/c1-19-8-2-6-12-23(19)29-25(31)14-15-26(32)30-28-17-21-10-5-7-13-24(21)33-18-22-11-4-3-9-20(22)16-27/h2-13,17H,14-15,18H2,1H3,(H,29,31)(H,30,32). The number of carbonyl (C=O) groups excluding carboxylic acids is 2. The predicted octanol–water partition coefficient (Wildman–Crippen LogP) is 4.31. The third-order valence-corrected chi connectivity index (χ3v) is 4.83. The van der Waals surface area contributed by atoms with E-state index in [-0.39, 0.29) is 31.3 Å². The van der Waals surface area contributed by atoms with Gasteiger partial charge in [0.2, 0.25) is 11.8 Å². The Balaban J connectivity index is 1.50. The number of hydrogen-bond acceptors (Lipinski definition) is 5. The van der Waals surface area contributed by atoms with Crippen molar-refractivity contribution >= 4 is 23.7 Å². The Morgan fingerprint density at radius 1 is 0.970 bits per heavy atom. The molecule has 0 aliphatic heterocycles. The monoisotopic (exact) mass is 440 g/mol. The van der Waals surface area contributed by atoms with Crippen LogP contribution in [0.15, 0.2) is 77.9 Å². The number of para-hydroxylation sites is 2. The van der Waals surface area contributed by atoms with Crippen molar-refractivity contribution in [2.24, 2.45) is 5.10 Å². The molecule has 166 valence electrons. The molecular weight excluding hydrogens is 416 g/mol. The maximum atomic E-state index is 12.1.